The van der Waals surface area contributed by atoms with Crippen molar-refractivity contribution in [2.75, 3.05) is 4.90 Å². The number of benzene rings is 5. The third kappa shape index (κ3) is 3.02. The van der Waals surface area contributed by atoms with Gasteiger partial charge >= 0.3 is 0 Å². The molecule has 3 aliphatic rings. The van der Waals surface area contributed by atoms with E-state index in [0.29, 0.717) is 0 Å². The number of allylic oxidation sites excluding steroid dienone is 1. The Morgan fingerprint density at radius 2 is 1.27 bits per heavy atom. The second kappa shape index (κ2) is 8.14. The molecule has 40 heavy (non-hydrogen) atoms. The lowest BCUT2D eigenvalue weighted by Crippen LogP contribution is -2.20. The topological polar surface area (TPSA) is 26.6 Å². The molecule has 5 aromatic carbocycles. The lowest BCUT2D eigenvalue weighted by Gasteiger charge is -2.38. The van der Waals surface area contributed by atoms with Crippen LogP contribution in [0.3, 0.4) is 0 Å². The lowest BCUT2D eigenvalue weighted by molar-refractivity contribution is 0.446. The maximum Gasteiger partial charge on any atom is 0.156 e. The average molecular weight is 517 g/mol. The molecular weight excluding hydrogens is 492 g/mol. The summed E-state index contributed by atoms with van der Waals surface area (Å²) in [6.07, 6.45) is 6.66. The predicted molar refractivity (Wildman–Crippen MR) is 161 cm³/mol. The standard InChI is InChI=1S/C36H24N2O2/c1-2-10-25(11-3-1)37-28-13-5-4-12-26(28)27-20-23(18-19-29(27)37)24-21-34-36-35(22-24)40-33-17-9-7-15-31(33)38(36)30-14-6-8-16-32(30)39-34/h1-3,5-11,13-22H,4,12H2. The Morgan fingerprint density at radius 1 is 0.600 bits per heavy atom. The monoisotopic (exact) mass is 516 g/mol. The van der Waals surface area contributed by atoms with Crippen LogP contribution in [0.25, 0.3) is 33.8 Å². The normalized spacial score (nSPS) is 14.1. The molecule has 4 heteroatoms. The number of hydrogen-bond acceptors (Lipinski definition) is 3. The molecule has 190 valence electrons. The Kier molecular flexibility index (Phi) is 4.41. The molecule has 3 heterocycles. The molecule has 0 saturated carbocycles. The lowest BCUT2D eigenvalue weighted by atomic mass is 9.96. The molecule has 0 bridgehead atoms. The molecule has 2 aliphatic heterocycles. The van der Waals surface area contributed by atoms with Crippen molar-refractivity contribution in [1.29, 1.82) is 0 Å². The highest BCUT2D eigenvalue weighted by Crippen LogP contribution is 2.60. The van der Waals surface area contributed by atoms with Crippen molar-refractivity contribution in [2.24, 2.45) is 0 Å². The summed E-state index contributed by atoms with van der Waals surface area (Å²) in [5.74, 6) is 3.28. The van der Waals surface area contributed by atoms with Gasteiger partial charge in [0.2, 0.25) is 0 Å². The first-order valence-corrected chi connectivity index (χ1v) is 13.8. The van der Waals surface area contributed by atoms with E-state index in [1.54, 1.807) is 0 Å². The minimum Gasteiger partial charge on any atom is -0.453 e. The Balaban J connectivity index is 1.25. The second-order valence-corrected chi connectivity index (χ2v) is 10.5. The number of ether oxygens (including phenoxy) is 2. The molecule has 0 amide bonds. The number of rotatable bonds is 2. The third-order valence-electron chi connectivity index (χ3n) is 8.21. The Bertz CT molecular complexity index is 1950. The van der Waals surface area contributed by atoms with Gasteiger partial charge in [-0.25, -0.2) is 0 Å². The zero-order valence-corrected chi connectivity index (χ0v) is 21.7. The molecule has 0 atom stereocenters. The fraction of sp³-hybridized carbons (Fsp3) is 0.0556. The molecule has 0 saturated heterocycles. The van der Waals surface area contributed by atoms with Crippen molar-refractivity contribution in [3.8, 4) is 39.8 Å². The van der Waals surface area contributed by atoms with E-state index in [4.69, 9.17) is 9.47 Å². The van der Waals surface area contributed by atoms with Gasteiger partial charge in [-0.15, -0.1) is 0 Å². The molecule has 9 rings (SSSR count). The van der Waals surface area contributed by atoms with Crippen LogP contribution in [0.15, 0.2) is 115 Å². The summed E-state index contributed by atoms with van der Waals surface area (Å²) in [6.45, 7) is 0. The van der Waals surface area contributed by atoms with Gasteiger partial charge in [0.05, 0.1) is 16.9 Å². The van der Waals surface area contributed by atoms with Crippen molar-refractivity contribution < 1.29 is 9.47 Å². The van der Waals surface area contributed by atoms with Gasteiger partial charge in [0.1, 0.15) is 5.69 Å². The molecule has 0 N–H and O–H groups in total. The van der Waals surface area contributed by atoms with Crippen LogP contribution in [0.4, 0.5) is 17.1 Å². The zero-order chi connectivity index (χ0) is 26.2. The molecule has 1 aliphatic carbocycles. The largest absolute Gasteiger partial charge is 0.453 e. The Labute approximate surface area is 232 Å². The summed E-state index contributed by atoms with van der Waals surface area (Å²) in [5, 5.41) is 1.30. The number of hydrogen-bond donors (Lipinski definition) is 0. The SMILES string of the molecule is C1=Cc2c(c3cc(-c4cc5c6c(c4)Oc4ccccc4N6c4ccccc4O5)ccc3n2-c2ccccc2)CC1. The first kappa shape index (κ1) is 21.7. The van der Waals surface area contributed by atoms with E-state index in [2.05, 4.69) is 94.4 Å². The minimum absolute atomic E-state index is 0.799. The van der Waals surface area contributed by atoms with E-state index in [1.807, 2.05) is 36.4 Å². The van der Waals surface area contributed by atoms with E-state index in [0.717, 1.165) is 64.0 Å². The van der Waals surface area contributed by atoms with Crippen molar-refractivity contribution in [3.05, 3.63) is 127 Å². The maximum absolute atomic E-state index is 6.51. The van der Waals surface area contributed by atoms with Crippen LogP contribution in [-0.4, -0.2) is 4.57 Å². The van der Waals surface area contributed by atoms with Crippen molar-refractivity contribution >= 4 is 34.0 Å². The molecule has 0 radical (unpaired) electrons. The highest BCUT2D eigenvalue weighted by Gasteiger charge is 2.35. The third-order valence-corrected chi connectivity index (χ3v) is 8.21. The van der Waals surface area contributed by atoms with Gasteiger partial charge in [0.15, 0.2) is 23.0 Å². The van der Waals surface area contributed by atoms with Crippen LogP contribution in [-0.2, 0) is 6.42 Å². The summed E-state index contributed by atoms with van der Waals surface area (Å²) in [4.78, 5) is 2.26. The van der Waals surface area contributed by atoms with Crippen LogP contribution >= 0.6 is 0 Å². The van der Waals surface area contributed by atoms with Crippen LogP contribution in [0, 0.1) is 0 Å². The van der Waals surface area contributed by atoms with Crippen LogP contribution in [0.2, 0.25) is 0 Å². The first-order valence-electron chi connectivity index (χ1n) is 13.8. The average Bonchev–Trinajstić information content (AvgIpc) is 3.35. The first-order chi connectivity index (χ1) is 19.8. The molecule has 0 unspecified atom stereocenters. The molecule has 1 aromatic heterocycles. The highest BCUT2D eigenvalue weighted by molar-refractivity contribution is 5.97. The molecule has 0 spiro atoms. The van der Waals surface area contributed by atoms with Crippen LogP contribution in [0.5, 0.6) is 23.0 Å². The smallest absolute Gasteiger partial charge is 0.156 e. The quantitative estimate of drug-likeness (QED) is 0.229. The van der Waals surface area contributed by atoms with Crippen molar-refractivity contribution in [1.82, 2.24) is 4.57 Å². The second-order valence-electron chi connectivity index (χ2n) is 10.5. The van der Waals surface area contributed by atoms with Gasteiger partial charge in [-0.3, -0.25) is 4.90 Å². The number of anilines is 3. The van der Waals surface area contributed by atoms with Crippen molar-refractivity contribution in [3.63, 3.8) is 0 Å². The number of aromatic nitrogens is 1. The molecule has 6 aromatic rings. The van der Waals surface area contributed by atoms with Gasteiger partial charge < -0.3 is 14.0 Å². The molecule has 4 nitrogen and oxygen atoms in total. The van der Waals surface area contributed by atoms with E-state index < -0.39 is 0 Å². The van der Waals surface area contributed by atoms with E-state index in [9.17, 15) is 0 Å². The number of nitrogens with zero attached hydrogens (tertiary/aromatic N) is 2. The molecular formula is C36H24N2O2. The van der Waals surface area contributed by atoms with Gasteiger partial charge in [-0.05, 0) is 96.3 Å². The Morgan fingerprint density at radius 3 is 2.00 bits per heavy atom. The van der Waals surface area contributed by atoms with Gasteiger partial charge in [-0.1, -0.05) is 54.6 Å². The summed E-state index contributed by atoms with van der Waals surface area (Å²) < 4.78 is 15.4. The summed E-state index contributed by atoms with van der Waals surface area (Å²) in [5.41, 5.74) is 10.3. The zero-order valence-electron chi connectivity index (χ0n) is 21.7. The minimum atomic E-state index is 0.799. The van der Waals surface area contributed by atoms with Gasteiger partial charge in [0, 0.05) is 16.8 Å². The fourth-order valence-corrected chi connectivity index (χ4v) is 6.46. The highest BCUT2D eigenvalue weighted by atomic mass is 16.5. The summed E-state index contributed by atoms with van der Waals surface area (Å²) in [6, 6.07) is 38.1. The van der Waals surface area contributed by atoms with Gasteiger partial charge in [-0.2, -0.15) is 0 Å². The van der Waals surface area contributed by atoms with E-state index in [-0.39, 0.29) is 0 Å². The van der Waals surface area contributed by atoms with E-state index >= 15 is 0 Å². The predicted octanol–water partition coefficient (Wildman–Crippen LogP) is 9.94. The molecule has 0 fully saturated rings. The van der Waals surface area contributed by atoms with Crippen LogP contribution < -0.4 is 14.4 Å². The summed E-state index contributed by atoms with van der Waals surface area (Å²) in [7, 11) is 0. The van der Waals surface area contributed by atoms with Gasteiger partial charge in [0.25, 0.3) is 0 Å². The number of fused-ring (bicyclic) bond motifs is 7. The van der Waals surface area contributed by atoms with E-state index in [1.165, 1.54) is 27.8 Å². The van der Waals surface area contributed by atoms with Crippen LogP contribution in [0.1, 0.15) is 17.7 Å². The maximum atomic E-state index is 6.51. The number of aryl methyl sites for hydroxylation is 1. The fourth-order valence-electron chi connectivity index (χ4n) is 6.46. The Hall–Kier alpha value is -5.22. The summed E-state index contributed by atoms with van der Waals surface area (Å²) >= 11 is 0. The van der Waals surface area contributed by atoms with Crippen molar-refractivity contribution in [2.45, 2.75) is 12.8 Å². The number of para-hydroxylation sites is 5.